The van der Waals surface area contributed by atoms with E-state index in [1.165, 1.54) is 4.68 Å². The minimum atomic E-state index is 0.369. The average Bonchev–Trinajstić information content (AvgIpc) is 3.18. The summed E-state index contributed by atoms with van der Waals surface area (Å²) in [7, 11) is 0. The summed E-state index contributed by atoms with van der Waals surface area (Å²) in [6.07, 6.45) is 1.68. The van der Waals surface area contributed by atoms with E-state index in [0.717, 1.165) is 5.56 Å². The number of para-hydroxylation sites is 1. The maximum absolute atomic E-state index is 6.28. The molecule has 140 valence electrons. The monoisotopic (exact) mass is 412 g/mol. The molecule has 0 aliphatic rings. The number of halogens is 2. The Morgan fingerprint density at radius 2 is 1.82 bits per heavy atom. The van der Waals surface area contributed by atoms with Crippen LogP contribution >= 0.6 is 23.2 Å². The topological polar surface area (TPSA) is 77.8 Å². The maximum atomic E-state index is 6.28. The van der Waals surface area contributed by atoms with E-state index in [0.29, 0.717) is 39.9 Å². The molecule has 0 bridgehead atoms. The molecular weight excluding hydrogens is 399 g/mol. The Morgan fingerprint density at radius 1 is 0.964 bits per heavy atom. The third-order valence-electron chi connectivity index (χ3n) is 3.87. The lowest BCUT2D eigenvalue weighted by molar-refractivity contribution is 0.457. The van der Waals surface area contributed by atoms with Crippen LogP contribution in [0.5, 0.6) is 11.6 Å². The van der Waals surface area contributed by atoms with Gasteiger partial charge in [-0.15, -0.1) is 0 Å². The van der Waals surface area contributed by atoms with Gasteiger partial charge in [0.25, 0.3) is 0 Å². The first-order chi connectivity index (χ1) is 13.7. The van der Waals surface area contributed by atoms with Crippen molar-refractivity contribution in [2.45, 2.75) is 6.54 Å². The van der Waals surface area contributed by atoms with Gasteiger partial charge < -0.3 is 10.1 Å². The van der Waals surface area contributed by atoms with Crippen LogP contribution in [0.1, 0.15) is 5.56 Å². The van der Waals surface area contributed by atoms with Crippen molar-refractivity contribution in [3.63, 3.8) is 0 Å². The highest BCUT2D eigenvalue weighted by Gasteiger charge is 2.14. The van der Waals surface area contributed by atoms with Gasteiger partial charge in [0.15, 0.2) is 0 Å². The zero-order valence-corrected chi connectivity index (χ0v) is 16.0. The van der Waals surface area contributed by atoms with Gasteiger partial charge in [-0.3, -0.25) is 0 Å². The summed E-state index contributed by atoms with van der Waals surface area (Å²) in [6.45, 7) is 0.397. The van der Waals surface area contributed by atoms with Crippen LogP contribution in [-0.2, 0) is 6.54 Å². The van der Waals surface area contributed by atoms with Gasteiger partial charge in [-0.25, -0.2) is 4.98 Å². The second-order valence-corrected chi connectivity index (χ2v) is 6.51. The highest BCUT2D eigenvalue weighted by atomic mass is 35.5. The number of aromatic nitrogens is 5. The van der Waals surface area contributed by atoms with Crippen LogP contribution in [-0.4, -0.2) is 25.2 Å². The Labute approximate surface area is 170 Å². The SMILES string of the molecule is Clc1cccc(-n2nnnc2NCc2cccnc2Oc2ccccc2)c1Cl. The van der Waals surface area contributed by atoms with Crippen molar-refractivity contribution in [3.8, 4) is 17.3 Å². The van der Waals surface area contributed by atoms with Crippen molar-refractivity contribution < 1.29 is 4.74 Å². The molecule has 1 N–H and O–H groups in total. The van der Waals surface area contributed by atoms with Gasteiger partial charge in [0.1, 0.15) is 5.75 Å². The minimum Gasteiger partial charge on any atom is -0.439 e. The number of rotatable bonds is 6. The molecule has 0 amide bonds. The fourth-order valence-corrected chi connectivity index (χ4v) is 2.92. The van der Waals surface area contributed by atoms with E-state index in [9.17, 15) is 0 Å². The summed E-state index contributed by atoms with van der Waals surface area (Å²) in [5.41, 5.74) is 1.42. The molecule has 4 aromatic rings. The van der Waals surface area contributed by atoms with E-state index in [1.807, 2.05) is 42.5 Å². The molecular formula is C19H14Cl2N6O. The number of nitrogens with zero attached hydrogens (tertiary/aromatic N) is 5. The second kappa shape index (κ2) is 8.24. The number of hydrogen-bond donors (Lipinski definition) is 1. The first kappa shape index (κ1) is 18.2. The van der Waals surface area contributed by atoms with Crippen molar-refractivity contribution >= 4 is 29.2 Å². The van der Waals surface area contributed by atoms with Crippen molar-refractivity contribution in [2.75, 3.05) is 5.32 Å². The highest BCUT2D eigenvalue weighted by molar-refractivity contribution is 6.43. The van der Waals surface area contributed by atoms with E-state index in [-0.39, 0.29) is 0 Å². The minimum absolute atomic E-state index is 0.369. The Balaban J connectivity index is 1.55. The highest BCUT2D eigenvalue weighted by Crippen LogP contribution is 2.29. The van der Waals surface area contributed by atoms with E-state index in [4.69, 9.17) is 27.9 Å². The molecule has 0 spiro atoms. The third-order valence-corrected chi connectivity index (χ3v) is 4.68. The number of nitrogens with one attached hydrogen (secondary N) is 1. The van der Waals surface area contributed by atoms with Gasteiger partial charge >= 0.3 is 0 Å². The molecule has 0 unspecified atom stereocenters. The van der Waals surface area contributed by atoms with Crippen LogP contribution in [0.15, 0.2) is 66.9 Å². The smallest absolute Gasteiger partial charge is 0.248 e. The quantitative estimate of drug-likeness (QED) is 0.491. The summed E-state index contributed by atoms with van der Waals surface area (Å²) in [4.78, 5) is 4.32. The number of ether oxygens (including phenoxy) is 1. The number of pyridine rings is 1. The molecule has 9 heteroatoms. The van der Waals surface area contributed by atoms with Crippen LogP contribution < -0.4 is 10.1 Å². The summed E-state index contributed by atoms with van der Waals surface area (Å²) in [5, 5.41) is 15.7. The van der Waals surface area contributed by atoms with Crippen molar-refractivity contribution in [2.24, 2.45) is 0 Å². The Kier molecular flexibility index (Phi) is 5.36. The standard InChI is InChI=1S/C19H14Cl2N6O/c20-15-9-4-10-16(17(15)21)27-19(24-25-26-27)23-12-13-6-5-11-22-18(13)28-14-7-2-1-3-8-14/h1-11H,12H2,(H,23,24,26). The van der Waals surface area contributed by atoms with E-state index < -0.39 is 0 Å². The lowest BCUT2D eigenvalue weighted by Gasteiger charge is -2.12. The van der Waals surface area contributed by atoms with Crippen LogP contribution in [0, 0.1) is 0 Å². The van der Waals surface area contributed by atoms with Gasteiger partial charge in [0.05, 0.1) is 15.7 Å². The van der Waals surface area contributed by atoms with Gasteiger partial charge in [-0.1, -0.05) is 58.6 Å². The molecule has 2 heterocycles. The lowest BCUT2D eigenvalue weighted by atomic mass is 10.2. The summed E-state index contributed by atoms with van der Waals surface area (Å²) >= 11 is 12.4. The number of hydrogen-bond acceptors (Lipinski definition) is 6. The first-order valence-corrected chi connectivity index (χ1v) is 9.11. The fraction of sp³-hybridized carbons (Fsp3) is 0.0526. The van der Waals surface area contributed by atoms with Gasteiger partial charge in [0, 0.05) is 18.3 Å². The molecule has 0 aliphatic heterocycles. The van der Waals surface area contributed by atoms with Crippen molar-refractivity contribution in [1.29, 1.82) is 0 Å². The van der Waals surface area contributed by atoms with Gasteiger partial charge in [-0.2, -0.15) is 4.68 Å². The molecule has 0 atom stereocenters. The molecule has 7 nitrogen and oxygen atoms in total. The zero-order valence-electron chi connectivity index (χ0n) is 14.5. The summed E-state index contributed by atoms with van der Waals surface area (Å²) in [6, 6.07) is 18.5. The largest absolute Gasteiger partial charge is 0.439 e. The molecule has 2 aromatic heterocycles. The Morgan fingerprint density at radius 3 is 2.68 bits per heavy atom. The van der Waals surface area contributed by atoms with E-state index in [1.54, 1.807) is 24.4 Å². The Bertz CT molecular complexity index is 1090. The molecule has 28 heavy (non-hydrogen) atoms. The van der Waals surface area contributed by atoms with Crippen LogP contribution in [0.2, 0.25) is 10.0 Å². The summed E-state index contributed by atoms with van der Waals surface area (Å²) < 4.78 is 7.37. The number of anilines is 1. The van der Waals surface area contributed by atoms with E-state index >= 15 is 0 Å². The predicted molar refractivity (Wildman–Crippen MR) is 107 cm³/mol. The zero-order chi connectivity index (χ0) is 19.3. The first-order valence-electron chi connectivity index (χ1n) is 8.36. The van der Waals surface area contributed by atoms with Gasteiger partial charge in [0.2, 0.25) is 11.8 Å². The number of benzene rings is 2. The molecule has 2 aromatic carbocycles. The molecule has 0 aliphatic carbocycles. The lowest BCUT2D eigenvalue weighted by Crippen LogP contribution is -2.09. The molecule has 4 rings (SSSR count). The van der Waals surface area contributed by atoms with Crippen LogP contribution in [0.25, 0.3) is 5.69 Å². The maximum Gasteiger partial charge on any atom is 0.248 e. The predicted octanol–water partition coefficient (Wildman–Crippen LogP) is 4.77. The second-order valence-electron chi connectivity index (χ2n) is 5.72. The third kappa shape index (κ3) is 3.90. The summed E-state index contributed by atoms with van der Waals surface area (Å²) in [5.74, 6) is 1.62. The van der Waals surface area contributed by atoms with Crippen LogP contribution in [0.3, 0.4) is 0 Å². The normalized spacial score (nSPS) is 10.6. The van der Waals surface area contributed by atoms with Gasteiger partial charge in [-0.05, 0) is 40.8 Å². The fourth-order valence-electron chi connectivity index (χ4n) is 2.54. The number of tetrazole rings is 1. The Hall–Kier alpha value is -3.16. The molecule has 0 saturated carbocycles. The average molecular weight is 413 g/mol. The van der Waals surface area contributed by atoms with Crippen molar-refractivity contribution in [1.82, 2.24) is 25.2 Å². The van der Waals surface area contributed by atoms with E-state index in [2.05, 4.69) is 25.8 Å². The van der Waals surface area contributed by atoms with Crippen LogP contribution in [0.4, 0.5) is 5.95 Å². The molecule has 0 fully saturated rings. The molecule has 0 radical (unpaired) electrons. The van der Waals surface area contributed by atoms with Crippen molar-refractivity contribution in [3.05, 3.63) is 82.5 Å². The molecule has 0 saturated heterocycles.